The van der Waals surface area contributed by atoms with Gasteiger partial charge in [0, 0.05) is 5.92 Å². The summed E-state index contributed by atoms with van der Waals surface area (Å²) in [5, 5.41) is 11.4. The third-order valence-corrected chi connectivity index (χ3v) is 7.61. The van der Waals surface area contributed by atoms with Crippen molar-refractivity contribution in [3.05, 3.63) is 77.4 Å². The van der Waals surface area contributed by atoms with Crippen molar-refractivity contribution in [3.63, 3.8) is 0 Å². The fourth-order valence-electron chi connectivity index (χ4n) is 5.43. The van der Waals surface area contributed by atoms with Crippen molar-refractivity contribution in [2.75, 3.05) is 49.3 Å². The third kappa shape index (κ3) is 6.89. The summed E-state index contributed by atoms with van der Waals surface area (Å²) >= 11 is 0. The largest absolute Gasteiger partial charge is 0.493 e. The molecule has 0 unspecified atom stereocenters. The minimum atomic E-state index is -0.724. The van der Waals surface area contributed by atoms with E-state index in [2.05, 4.69) is 12.2 Å². The van der Waals surface area contributed by atoms with E-state index in [4.69, 9.17) is 33.2 Å². The standard InChI is InChI=1S/C33H40O8/c1-35-26-13-10-21(16-29(26)38-4)8-7-9-23-17-25(32(34)22-11-14-27(36-2)30(18-22)39-5)20-41-33(23)24-12-15-28(37-3)31(19-24)40-6/h7-8,10-16,18-19,23,25,32-34H,9,17,20H2,1-6H3/b8-7-/t23-,25-,32-,33-/m1/s1. The maximum Gasteiger partial charge on any atom is 0.161 e. The van der Waals surface area contributed by atoms with Gasteiger partial charge in [-0.3, -0.25) is 0 Å². The summed E-state index contributed by atoms with van der Waals surface area (Å²) in [6.07, 6.45) is 4.81. The van der Waals surface area contributed by atoms with E-state index in [0.717, 1.165) is 29.5 Å². The summed E-state index contributed by atoms with van der Waals surface area (Å²) in [5.41, 5.74) is 2.77. The molecule has 1 heterocycles. The lowest BCUT2D eigenvalue weighted by atomic mass is 9.79. The van der Waals surface area contributed by atoms with Crippen molar-refractivity contribution in [2.45, 2.75) is 25.0 Å². The number of hydrogen-bond donors (Lipinski definition) is 1. The lowest BCUT2D eigenvalue weighted by Crippen LogP contribution is -2.32. The van der Waals surface area contributed by atoms with E-state index < -0.39 is 6.10 Å². The van der Waals surface area contributed by atoms with Crippen LogP contribution in [0.3, 0.4) is 0 Å². The quantitative estimate of drug-likeness (QED) is 0.276. The number of rotatable bonds is 12. The highest BCUT2D eigenvalue weighted by Crippen LogP contribution is 2.44. The van der Waals surface area contributed by atoms with Gasteiger partial charge in [0.2, 0.25) is 0 Å². The maximum atomic E-state index is 11.4. The number of hydrogen-bond acceptors (Lipinski definition) is 8. The minimum absolute atomic E-state index is 0.0954. The van der Waals surface area contributed by atoms with Gasteiger partial charge in [-0.2, -0.15) is 0 Å². The van der Waals surface area contributed by atoms with E-state index in [9.17, 15) is 5.11 Å². The molecule has 1 saturated heterocycles. The van der Waals surface area contributed by atoms with Crippen LogP contribution in [0, 0.1) is 11.8 Å². The van der Waals surface area contributed by atoms with Crippen LogP contribution < -0.4 is 28.4 Å². The topological polar surface area (TPSA) is 84.8 Å². The molecule has 0 bridgehead atoms. The first-order chi connectivity index (χ1) is 20.0. The van der Waals surface area contributed by atoms with Crippen molar-refractivity contribution < 1.29 is 38.3 Å². The Balaban J connectivity index is 1.59. The van der Waals surface area contributed by atoms with Crippen molar-refractivity contribution in [2.24, 2.45) is 11.8 Å². The Morgan fingerprint density at radius 3 is 1.93 bits per heavy atom. The molecule has 0 aromatic heterocycles. The van der Waals surface area contributed by atoms with Gasteiger partial charge >= 0.3 is 0 Å². The number of allylic oxidation sites excluding steroid dienone is 1. The summed E-state index contributed by atoms with van der Waals surface area (Å²) in [4.78, 5) is 0. The van der Waals surface area contributed by atoms with Gasteiger partial charge in [0.15, 0.2) is 34.5 Å². The van der Waals surface area contributed by atoms with Crippen LogP contribution in [0.2, 0.25) is 0 Å². The molecular weight excluding hydrogens is 524 g/mol. The van der Waals surface area contributed by atoms with Gasteiger partial charge in [-0.05, 0) is 71.8 Å². The summed E-state index contributed by atoms with van der Waals surface area (Å²) < 4.78 is 39.1. The highest BCUT2D eigenvalue weighted by molar-refractivity contribution is 5.56. The SMILES string of the molecule is COc1ccc(/C=C\C[C@@H]2C[C@@H]([C@H](O)c3ccc(OC)c(OC)c3)CO[C@H]2c2ccc(OC)c(OC)c2)cc1OC. The van der Waals surface area contributed by atoms with Gasteiger partial charge < -0.3 is 38.3 Å². The number of methoxy groups -OCH3 is 6. The third-order valence-electron chi connectivity index (χ3n) is 7.61. The van der Waals surface area contributed by atoms with E-state index >= 15 is 0 Å². The molecule has 1 aliphatic rings. The number of aliphatic hydroxyl groups is 1. The van der Waals surface area contributed by atoms with Crippen LogP contribution in [0.25, 0.3) is 6.08 Å². The fraction of sp³-hybridized carbons (Fsp3) is 0.394. The molecule has 3 aromatic rings. The molecule has 0 radical (unpaired) electrons. The summed E-state index contributed by atoms with van der Waals surface area (Å²) in [6.45, 7) is 0.407. The highest BCUT2D eigenvalue weighted by Gasteiger charge is 2.36. The first-order valence-electron chi connectivity index (χ1n) is 13.6. The van der Waals surface area contributed by atoms with E-state index in [-0.39, 0.29) is 17.9 Å². The number of ether oxygens (including phenoxy) is 7. The first kappa shape index (κ1) is 30.1. The molecule has 0 aliphatic carbocycles. The zero-order chi connectivity index (χ0) is 29.4. The zero-order valence-electron chi connectivity index (χ0n) is 24.6. The summed E-state index contributed by atoms with van der Waals surface area (Å²) in [5.74, 6) is 3.87. The molecule has 1 fully saturated rings. The smallest absolute Gasteiger partial charge is 0.161 e. The Morgan fingerprint density at radius 2 is 1.29 bits per heavy atom. The minimum Gasteiger partial charge on any atom is -0.493 e. The second-order valence-electron chi connectivity index (χ2n) is 9.94. The van der Waals surface area contributed by atoms with Crippen LogP contribution in [0.4, 0.5) is 0 Å². The van der Waals surface area contributed by atoms with Crippen LogP contribution in [0.1, 0.15) is 41.7 Å². The van der Waals surface area contributed by atoms with Crippen molar-refractivity contribution in [3.8, 4) is 34.5 Å². The molecule has 0 amide bonds. The van der Waals surface area contributed by atoms with Crippen LogP contribution >= 0.6 is 0 Å². The van der Waals surface area contributed by atoms with E-state index in [1.54, 1.807) is 42.7 Å². The number of benzene rings is 3. The molecule has 0 saturated carbocycles. The predicted molar refractivity (Wildman–Crippen MR) is 158 cm³/mol. The summed E-state index contributed by atoms with van der Waals surface area (Å²) in [6, 6.07) is 17.2. The van der Waals surface area contributed by atoms with Crippen molar-refractivity contribution in [1.82, 2.24) is 0 Å². The van der Waals surface area contributed by atoms with Crippen LogP contribution in [0.15, 0.2) is 60.7 Å². The van der Waals surface area contributed by atoms with Crippen LogP contribution in [-0.4, -0.2) is 54.4 Å². The van der Waals surface area contributed by atoms with Crippen LogP contribution in [-0.2, 0) is 4.74 Å². The van der Waals surface area contributed by atoms with Gasteiger partial charge in [-0.1, -0.05) is 30.4 Å². The summed E-state index contributed by atoms with van der Waals surface area (Å²) in [7, 11) is 9.68. The first-order valence-corrected chi connectivity index (χ1v) is 13.6. The molecule has 8 heteroatoms. The average Bonchev–Trinajstić information content (AvgIpc) is 3.03. The second-order valence-corrected chi connectivity index (χ2v) is 9.94. The molecule has 1 aliphatic heterocycles. The molecule has 8 nitrogen and oxygen atoms in total. The van der Waals surface area contributed by atoms with Crippen molar-refractivity contribution in [1.29, 1.82) is 0 Å². The van der Waals surface area contributed by atoms with Crippen LogP contribution in [0.5, 0.6) is 34.5 Å². The molecular formula is C33H40O8. The highest BCUT2D eigenvalue weighted by atomic mass is 16.5. The van der Waals surface area contributed by atoms with Gasteiger partial charge in [0.05, 0.1) is 61.5 Å². The fourth-order valence-corrected chi connectivity index (χ4v) is 5.43. The Labute approximate surface area is 242 Å². The number of aliphatic hydroxyl groups excluding tert-OH is 1. The molecule has 4 atom stereocenters. The molecule has 220 valence electrons. The van der Waals surface area contributed by atoms with Gasteiger partial charge in [-0.25, -0.2) is 0 Å². The lowest BCUT2D eigenvalue weighted by Gasteiger charge is -2.38. The van der Waals surface area contributed by atoms with E-state index in [1.165, 1.54) is 0 Å². The van der Waals surface area contributed by atoms with Gasteiger partial charge in [0.1, 0.15) is 0 Å². The molecule has 1 N–H and O–H groups in total. The Morgan fingerprint density at radius 1 is 0.732 bits per heavy atom. The zero-order valence-corrected chi connectivity index (χ0v) is 24.6. The van der Waals surface area contributed by atoms with Crippen molar-refractivity contribution >= 4 is 6.08 Å². The molecule has 0 spiro atoms. The van der Waals surface area contributed by atoms with E-state index in [0.29, 0.717) is 41.1 Å². The second kappa shape index (κ2) is 14.1. The normalized spacial score (nSPS) is 19.4. The molecule has 41 heavy (non-hydrogen) atoms. The van der Waals surface area contributed by atoms with Gasteiger partial charge in [-0.15, -0.1) is 0 Å². The maximum absolute atomic E-state index is 11.4. The average molecular weight is 565 g/mol. The lowest BCUT2D eigenvalue weighted by molar-refractivity contribution is -0.0901. The monoisotopic (exact) mass is 564 g/mol. The van der Waals surface area contributed by atoms with Gasteiger partial charge in [0.25, 0.3) is 0 Å². The Bertz CT molecular complexity index is 1320. The molecule has 3 aromatic carbocycles. The van der Waals surface area contributed by atoms with E-state index in [1.807, 2.05) is 54.6 Å². The molecule has 4 rings (SSSR count). The Hall–Kier alpha value is -3.88. The predicted octanol–water partition coefficient (Wildman–Crippen LogP) is 6.27. The Kier molecular flexibility index (Phi) is 10.4.